The molecule has 0 saturated carbocycles. The number of benzene rings is 7. The van der Waals surface area contributed by atoms with Gasteiger partial charge in [0.25, 0.3) is 0 Å². The van der Waals surface area contributed by atoms with E-state index in [4.69, 9.17) is 9.97 Å². The molecule has 0 fully saturated rings. The first-order valence-electron chi connectivity index (χ1n) is 17.4. The highest BCUT2D eigenvalue weighted by atomic mass is 32.1. The van der Waals surface area contributed by atoms with E-state index in [0.717, 1.165) is 39.5 Å². The maximum Gasteiger partial charge on any atom is 0.160 e. The Hall–Kier alpha value is -6.16. The third-order valence-electron chi connectivity index (χ3n) is 10.6. The second-order valence-corrected chi connectivity index (χ2v) is 14.5. The van der Waals surface area contributed by atoms with Crippen molar-refractivity contribution in [2.24, 2.45) is 0 Å². The monoisotopic (exact) mass is 668 g/mol. The predicted octanol–water partition coefficient (Wildman–Crippen LogP) is 12.8. The molecule has 0 bridgehead atoms. The molecule has 3 heteroatoms. The van der Waals surface area contributed by atoms with Crippen LogP contribution in [0, 0.1) is 0 Å². The Morgan fingerprint density at radius 2 is 1.06 bits per heavy atom. The number of aromatic nitrogens is 2. The molecular weight excluding hydrogens is 637 g/mol. The molecule has 0 radical (unpaired) electrons. The van der Waals surface area contributed by atoms with Crippen molar-refractivity contribution >= 4 is 31.5 Å². The molecule has 1 aliphatic rings. The Labute approximate surface area is 301 Å². The second kappa shape index (κ2) is 11.7. The molecule has 240 valence electrons. The zero-order valence-electron chi connectivity index (χ0n) is 28.0. The third-order valence-corrected chi connectivity index (χ3v) is 11.8. The van der Waals surface area contributed by atoms with Crippen molar-refractivity contribution in [3.05, 3.63) is 193 Å². The van der Waals surface area contributed by atoms with Crippen LogP contribution in [0.5, 0.6) is 0 Å². The van der Waals surface area contributed by atoms with E-state index in [-0.39, 0.29) is 5.41 Å². The smallest absolute Gasteiger partial charge is 0.160 e. The van der Waals surface area contributed by atoms with Crippen LogP contribution in [0.1, 0.15) is 23.6 Å². The number of hydrogen-bond acceptors (Lipinski definition) is 3. The summed E-state index contributed by atoms with van der Waals surface area (Å²) in [7, 11) is 0. The van der Waals surface area contributed by atoms with Crippen molar-refractivity contribution < 1.29 is 0 Å². The van der Waals surface area contributed by atoms with Crippen molar-refractivity contribution in [2.45, 2.75) is 12.3 Å². The Bertz CT molecular complexity index is 2760. The minimum absolute atomic E-state index is 0.212. The lowest BCUT2D eigenvalue weighted by Gasteiger charge is -2.28. The molecule has 0 saturated heterocycles. The van der Waals surface area contributed by atoms with Crippen molar-refractivity contribution in [3.63, 3.8) is 0 Å². The first-order valence-corrected chi connectivity index (χ1v) is 18.2. The zero-order chi connectivity index (χ0) is 33.9. The van der Waals surface area contributed by atoms with Gasteiger partial charge in [0.1, 0.15) is 0 Å². The normalized spacial score (nSPS) is 14.8. The summed E-state index contributed by atoms with van der Waals surface area (Å²) in [4.78, 5) is 10.4. The van der Waals surface area contributed by atoms with Gasteiger partial charge < -0.3 is 0 Å². The van der Waals surface area contributed by atoms with E-state index >= 15 is 0 Å². The topological polar surface area (TPSA) is 25.8 Å². The summed E-state index contributed by atoms with van der Waals surface area (Å²) < 4.78 is 2.53. The van der Waals surface area contributed by atoms with E-state index in [1.54, 1.807) is 0 Å². The minimum atomic E-state index is -0.212. The Kier molecular flexibility index (Phi) is 6.83. The molecule has 0 amide bonds. The van der Waals surface area contributed by atoms with Crippen molar-refractivity contribution in [1.29, 1.82) is 0 Å². The molecule has 1 unspecified atom stereocenters. The van der Waals surface area contributed by atoms with E-state index in [1.165, 1.54) is 53.6 Å². The van der Waals surface area contributed by atoms with Gasteiger partial charge in [0, 0.05) is 42.3 Å². The highest BCUT2D eigenvalue weighted by molar-refractivity contribution is 7.26. The molecule has 9 aromatic rings. The van der Waals surface area contributed by atoms with Crippen LogP contribution in [0.25, 0.3) is 76.3 Å². The fraction of sp³-hybridized carbons (Fsp3) is 0.0417. The molecule has 1 aliphatic carbocycles. The standard InChI is InChI=1S/C48H32N2S/c1-48(35-18-6-3-7-19-35)41-24-10-8-20-36(41)40-29-33(26-27-42(40)48)32-16-12-17-34(28-32)43-30-44(50-47(49-43)31-14-4-2-5-15-31)39-23-13-22-38-37-21-9-11-25-45(37)51-46(38)39/h2-30H,1H3. The van der Waals surface area contributed by atoms with Gasteiger partial charge in [0.05, 0.1) is 11.4 Å². The van der Waals surface area contributed by atoms with Gasteiger partial charge in [-0.2, -0.15) is 0 Å². The number of thiophene rings is 1. The van der Waals surface area contributed by atoms with E-state index in [9.17, 15) is 0 Å². The Balaban J connectivity index is 1.12. The summed E-state index contributed by atoms with van der Waals surface area (Å²) in [6.07, 6.45) is 0. The minimum Gasteiger partial charge on any atom is -0.228 e. The molecule has 2 nitrogen and oxygen atoms in total. The Morgan fingerprint density at radius 3 is 1.94 bits per heavy atom. The van der Waals surface area contributed by atoms with Gasteiger partial charge in [-0.05, 0) is 70.1 Å². The van der Waals surface area contributed by atoms with Gasteiger partial charge in [0.15, 0.2) is 5.82 Å². The molecule has 0 aliphatic heterocycles. The molecular formula is C48H32N2S. The van der Waals surface area contributed by atoms with Crippen LogP contribution < -0.4 is 0 Å². The molecule has 0 spiro atoms. The predicted molar refractivity (Wildman–Crippen MR) is 214 cm³/mol. The van der Waals surface area contributed by atoms with Gasteiger partial charge in [-0.25, -0.2) is 9.97 Å². The molecule has 7 aromatic carbocycles. The van der Waals surface area contributed by atoms with Crippen LogP contribution >= 0.6 is 11.3 Å². The summed E-state index contributed by atoms with van der Waals surface area (Å²) in [5.41, 5.74) is 13.8. The average Bonchev–Trinajstić information content (AvgIpc) is 3.72. The molecule has 2 aromatic heterocycles. The second-order valence-electron chi connectivity index (χ2n) is 13.5. The van der Waals surface area contributed by atoms with Gasteiger partial charge in [0.2, 0.25) is 0 Å². The van der Waals surface area contributed by atoms with Gasteiger partial charge in [-0.3, -0.25) is 0 Å². The molecule has 1 atom stereocenters. The molecule has 51 heavy (non-hydrogen) atoms. The van der Waals surface area contributed by atoms with Crippen LogP contribution in [0.15, 0.2) is 176 Å². The summed E-state index contributed by atoms with van der Waals surface area (Å²) in [6.45, 7) is 2.36. The van der Waals surface area contributed by atoms with Crippen molar-refractivity contribution in [1.82, 2.24) is 9.97 Å². The van der Waals surface area contributed by atoms with Gasteiger partial charge >= 0.3 is 0 Å². The van der Waals surface area contributed by atoms with Crippen molar-refractivity contribution in [2.75, 3.05) is 0 Å². The summed E-state index contributed by atoms with van der Waals surface area (Å²) in [5.74, 6) is 0.723. The fourth-order valence-corrected chi connectivity index (χ4v) is 9.25. The van der Waals surface area contributed by atoms with E-state index in [2.05, 4.69) is 165 Å². The lowest BCUT2D eigenvalue weighted by molar-refractivity contribution is 0.714. The highest BCUT2D eigenvalue weighted by Gasteiger charge is 2.40. The summed E-state index contributed by atoms with van der Waals surface area (Å²) in [5, 5.41) is 2.55. The zero-order valence-corrected chi connectivity index (χ0v) is 28.9. The maximum absolute atomic E-state index is 5.20. The fourth-order valence-electron chi connectivity index (χ4n) is 8.02. The van der Waals surface area contributed by atoms with Crippen LogP contribution in [0.2, 0.25) is 0 Å². The number of rotatable bonds is 5. The van der Waals surface area contributed by atoms with E-state index in [1.807, 2.05) is 29.5 Å². The number of nitrogens with zero attached hydrogens (tertiary/aromatic N) is 2. The third kappa shape index (κ3) is 4.77. The first kappa shape index (κ1) is 29.7. The number of fused-ring (bicyclic) bond motifs is 6. The summed E-state index contributed by atoms with van der Waals surface area (Å²) >= 11 is 1.83. The maximum atomic E-state index is 5.20. The lowest BCUT2D eigenvalue weighted by atomic mass is 9.74. The molecule has 10 rings (SSSR count). The largest absolute Gasteiger partial charge is 0.228 e. The van der Waals surface area contributed by atoms with Crippen molar-refractivity contribution in [3.8, 4) is 56.2 Å². The SMILES string of the molecule is CC1(c2ccccc2)c2ccccc2-c2cc(-c3cccc(-c4cc(-c5cccc6c5sc5ccccc56)nc(-c5ccccc5)n4)c3)ccc21. The van der Waals surface area contributed by atoms with Crippen LogP contribution in [-0.4, -0.2) is 9.97 Å². The van der Waals surface area contributed by atoms with Crippen LogP contribution in [0.3, 0.4) is 0 Å². The molecule has 2 heterocycles. The Morgan fingerprint density at radius 1 is 0.431 bits per heavy atom. The average molecular weight is 669 g/mol. The summed E-state index contributed by atoms with van der Waals surface area (Å²) in [6, 6.07) is 63.3. The van der Waals surface area contributed by atoms with Crippen LogP contribution in [0.4, 0.5) is 0 Å². The molecule has 0 N–H and O–H groups in total. The van der Waals surface area contributed by atoms with E-state index < -0.39 is 0 Å². The van der Waals surface area contributed by atoms with Gasteiger partial charge in [-0.1, -0.05) is 152 Å². The highest BCUT2D eigenvalue weighted by Crippen LogP contribution is 2.53. The van der Waals surface area contributed by atoms with E-state index in [0.29, 0.717) is 0 Å². The van der Waals surface area contributed by atoms with Gasteiger partial charge in [-0.15, -0.1) is 11.3 Å². The van der Waals surface area contributed by atoms with Crippen LogP contribution in [-0.2, 0) is 5.41 Å². The quantitative estimate of drug-likeness (QED) is 0.182. The lowest BCUT2D eigenvalue weighted by Crippen LogP contribution is -2.22. The first-order chi connectivity index (χ1) is 25.1. The number of hydrogen-bond donors (Lipinski definition) is 0.